The lowest BCUT2D eigenvalue weighted by molar-refractivity contribution is 0.400. The van der Waals surface area contributed by atoms with Gasteiger partial charge in [0.25, 0.3) is 0 Å². The molecule has 2 heterocycles. The third kappa shape index (κ3) is 18.0. The third-order valence-electron chi connectivity index (χ3n) is 9.99. The first-order valence-electron chi connectivity index (χ1n) is 19.2. The number of nitrogens with zero attached hydrogens (tertiary/aromatic N) is 3. The van der Waals surface area contributed by atoms with Crippen LogP contribution >= 0.6 is 0 Å². The van der Waals surface area contributed by atoms with Gasteiger partial charge >= 0.3 is 0 Å². The summed E-state index contributed by atoms with van der Waals surface area (Å²) in [4.78, 5) is 14.6. The molecule has 0 N–H and O–H groups in total. The lowest BCUT2D eigenvalue weighted by Crippen LogP contribution is -2.24. The van der Waals surface area contributed by atoms with E-state index < -0.39 is 9.52 Å². The van der Waals surface area contributed by atoms with Gasteiger partial charge in [-0.2, -0.15) is 0 Å². The predicted octanol–water partition coefficient (Wildman–Crippen LogP) is 9.57. The van der Waals surface area contributed by atoms with Gasteiger partial charge in [-0.05, 0) is 34.9 Å². The number of hydrogen-bond acceptors (Lipinski definition) is 3. The maximum atomic E-state index is 5.12. The van der Waals surface area contributed by atoms with Crippen LogP contribution in [0.2, 0.25) is 12.1 Å². The lowest BCUT2D eigenvalue weighted by atomic mass is 9.93. The molecule has 0 fully saturated rings. The summed E-state index contributed by atoms with van der Waals surface area (Å²) in [5, 5.41) is 2.74. The summed E-state index contributed by atoms with van der Waals surface area (Å²) < 4.78 is 0. The van der Waals surface area contributed by atoms with Gasteiger partial charge < -0.3 is 0 Å². The Balaban J connectivity index is 1.69. The van der Waals surface area contributed by atoms with Crippen LogP contribution < -0.4 is 10.5 Å². The number of unbranched alkanes of at least 4 members (excludes halogenated alkanes) is 6. The minimum absolute atomic E-state index is 0.352. The first-order valence-corrected chi connectivity index (χ1v) is 22.6. The fourth-order valence-electron chi connectivity index (χ4n) is 6.75. The number of hydrogen-bond donors (Lipinski definition) is 0. The van der Waals surface area contributed by atoms with E-state index in [1.165, 1.54) is 138 Å². The molecule has 2 aromatic rings. The first kappa shape index (κ1) is 38.8. The van der Waals surface area contributed by atoms with Gasteiger partial charge in [-0.1, -0.05) is 175 Å². The van der Waals surface area contributed by atoms with E-state index in [0.717, 1.165) is 35.1 Å². The Hall–Kier alpha value is -1.34. The van der Waals surface area contributed by atoms with E-state index in [0.29, 0.717) is 0 Å². The van der Waals surface area contributed by atoms with Crippen molar-refractivity contribution < 1.29 is 0 Å². The van der Waals surface area contributed by atoms with E-state index in [1.807, 2.05) is 18.6 Å². The molecule has 0 aliphatic heterocycles. The molecule has 0 bridgehead atoms. The Morgan fingerprint density at radius 2 is 1.18 bits per heavy atom. The summed E-state index contributed by atoms with van der Waals surface area (Å²) in [5.74, 6) is 3.49. The Bertz CT molecular complexity index is 968. The maximum absolute atomic E-state index is 5.12. The van der Waals surface area contributed by atoms with Crippen molar-refractivity contribution in [3.8, 4) is 11.4 Å². The van der Waals surface area contributed by atoms with E-state index in [4.69, 9.17) is 9.97 Å². The second kappa shape index (κ2) is 24.8. The Labute approximate surface area is 278 Å². The van der Waals surface area contributed by atoms with Gasteiger partial charge in [0.1, 0.15) is 5.69 Å². The van der Waals surface area contributed by atoms with E-state index in [2.05, 4.69) is 58.7 Å². The summed E-state index contributed by atoms with van der Waals surface area (Å²) in [6.07, 6.45) is 31.1. The summed E-state index contributed by atoms with van der Waals surface area (Å²) in [7, 11) is -0.752. The van der Waals surface area contributed by atoms with Gasteiger partial charge in [0.05, 0.1) is 30.9 Å². The number of aromatic nitrogens is 3. The largest absolute Gasteiger partial charge is 0.261 e. The lowest BCUT2D eigenvalue weighted by Gasteiger charge is -2.14. The van der Waals surface area contributed by atoms with Crippen molar-refractivity contribution in [2.75, 3.05) is 0 Å². The van der Waals surface area contributed by atoms with Crippen LogP contribution in [-0.2, 0) is 0 Å². The summed E-state index contributed by atoms with van der Waals surface area (Å²) in [6, 6.07) is 7.15. The Morgan fingerprint density at radius 3 is 1.82 bits per heavy atom. The van der Waals surface area contributed by atoms with Crippen molar-refractivity contribution in [2.45, 2.75) is 169 Å². The summed E-state index contributed by atoms with van der Waals surface area (Å²) in [5.41, 5.74) is 2.13. The quantitative estimate of drug-likeness (QED) is 0.0723. The van der Waals surface area contributed by atoms with Crippen LogP contribution in [0.15, 0.2) is 30.7 Å². The highest BCUT2D eigenvalue weighted by Crippen LogP contribution is 2.22. The molecule has 0 saturated heterocycles. The molecule has 0 radical (unpaired) electrons. The molecule has 3 nitrogen and oxygen atoms in total. The van der Waals surface area contributed by atoms with Crippen molar-refractivity contribution in [3.63, 3.8) is 0 Å². The molecule has 2 rings (SSSR count). The second-order valence-electron chi connectivity index (χ2n) is 14.7. The van der Waals surface area contributed by atoms with Crippen LogP contribution in [0.25, 0.3) is 11.4 Å². The van der Waals surface area contributed by atoms with Crippen molar-refractivity contribution >= 4 is 29.5 Å². The summed E-state index contributed by atoms with van der Waals surface area (Å²) >= 11 is 0. The van der Waals surface area contributed by atoms with Gasteiger partial charge in [0, 0.05) is 17.7 Å². The fourth-order valence-corrected chi connectivity index (χ4v) is 10.1. The Morgan fingerprint density at radius 1 is 0.614 bits per heavy atom. The standard InChI is InChI=1S/C39H71N3Si2/c1-7-9-12-19-32(3)21-14-11-15-22-35(6)31-44-38-30-40-29-36(42-38)39-37(26-17-27-41-39)43-28-18-25-34(5)24-16-23-33(4)20-13-10-8-2/h17,26-27,29-30,32-35H,7-16,18-25,28,31,43-44H2,1-6H3. The topological polar surface area (TPSA) is 38.7 Å². The van der Waals surface area contributed by atoms with Gasteiger partial charge in [-0.3, -0.25) is 15.0 Å². The molecule has 0 aromatic carbocycles. The normalized spacial score (nSPS) is 15.0. The van der Waals surface area contributed by atoms with Crippen LogP contribution in [0.3, 0.4) is 0 Å². The zero-order chi connectivity index (χ0) is 31.8. The van der Waals surface area contributed by atoms with Gasteiger partial charge in [0.15, 0.2) is 0 Å². The van der Waals surface area contributed by atoms with Crippen LogP contribution in [0.1, 0.15) is 157 Å². The second-order valence-corrected chi connectivity index (χ2v) is 18.4. The molecule has 5 heteroatoms. The van der Waals surface area contributed by atoms with Gasteiger partial charge in [0.2, 0.25) is 0 Å². The average Bonchev–Trinajstić information content (AvgIpc) is 3.02. The summed E-state index contributed by atoms with van der Waals surface area (Å²) in [6.45, 7) is 14.4. The molecule has 0 saturated carbocycles. The van der Waals surface area contributed by atoms with E-state index in [1.54, 1.807) is 0 Å². The molecular weight excluding hydrogens is 567 g/mol. The van der Waals surface area contributed by atoms with Crippen molar-refractivity contribution in [1.29, 1.82) is 0 Å². The van der Waals surface area contributed by atoms with Crippen LogP contribution in [0.5, 0.6) is 0 Å². The van der Waals surface area contributed by atoms with E-state index in [-0.39, 0.29) is 9.52 Å². The zero-order valence-electron chi connectivity index (χ0n) is 30.1. The molecule has 4 unspecified atom stereocenters. The molecule has 0 amide bonds. The van der Waals surface area contributed by atoms with Crippen LogP contribution in [0, 0.1) is 23.7 Å². The molecule has 4 atom stereocenters. The zero-order valence-corrected chi connectivity index (χ0v) is 32.9. The Kier molecular flexibility index (Phi) is 21.9. The van der Waals surface area contributed by atoms with Crippen LogP contribution in [0.4, 0.5) is 0 Å². The SMILES string of the molecule is CCCCCC(C)CCCCCC(C)C[SiH2]c1cncc(-c2ncccc2[SiH2]CCCC(C)CCCC(C)CCCCC)n1. The molecule has 2 aromatic heterocycles. The molecule has 250 valence electrons. The molecular formula is C39H71N3Si2. The molecule has 0 aliphatic rings. The van der Waals surface area contributed by atoms with Crippen LogP contribution in [-0.4, -0.2) is 34.0 Å². The van der Waals surface area contributed by atoms with Crippen molar-refractivity contribution in [3.05, 3.63) is 30.7 Å². The molecule has 44 heavy (non-hydrogen) atoms. The fraction of sp³-hybridized carbons (Fsp3) is 0.769. The molecule has 0 spiro atoms. The number of rotatable bonds is 27. The average molecular weight is 638 g/mol. The van der Waals surface area contributed by atoms with Gasteiger partial charge in [-0.15, -0.1) is 0 Å². The highest BCUT2D eigenvalue weighted by molar-refractivity contribution is 6.55. The molecule has 0 aliphatic carbocycles. The predicted molar refractivity (Wildman–Crippen MR) is 202 cm³/mol. The first-order chi connectivity index (χ1) is 21.4. The van der Waals surface area contributed by atoms with E-state index in [9.17, 15) is 0 Å². The highest BCUT2D eigenvalue weighted by atomic mass is 28.2. The maximum Gasteiger partial charge on any atom is 0.107 e. The third-order valence-corrected chi connectivity index (χ3v) is 14.1. The minimum Gasteiger partial charge on any atom is -0.261 e. The smallest absolute Gasteiger partial charge is 0.107 e. The van der Waals surface area contributed by atoms with Crippen molar-refractivity contribution in [2.24, 2.45) is 23.7 Å². The minimum atomic E-state index is -0.399. The van der Waals surface area contributed by atoms with Gasteiger partial charge in [-0.25, -0.2) is 0 Å². The monoisotopic (exact) mass is 638 g/mol. The van der Waals surface area contributed by atoms with Crippen molar-refractivity contribution in [1.82, 2.24) is 15.0 Å². The highest BCUT2D eigenvalue weighted by Gasteiger charge is 2.12. The van der Waals surface area contributed by atoms with E-state index >= 15 is 0 Å². The number of pyridine rings is 1.